The van der Waals surface area contributed by atoms with Crippen molar-refractivity contribution >= 4 is 17.6 Å². The second kappa shape index (κ2) is 7.25. The Labute approximate surface area is 168 Å². The van der Waals surface area contributed by atoms with Crippen LogP contribution in [0.1, 0.15) is 48.2 Å². The number of hydrogen-bond donors (Lipinski definition) is 1. The summed E-state index contributed by atoms with van der Waals surface area (Å²) in [6.45, 7) is 2.08. The van der Waals surface area contributed by atoms with Gasteiger partial charge < -0.3 is 10.1 Å². The summed E-state index contributed by atoms with van der Waals surface area (Å²) in [5, 5.41) is 11.6. The van der Waals surface area contributed by atoms with Crippen LogP contribution in [0.15, 0.2) is 12.3 Å². The smallest absolute Gasteiger partial charge is 0.291 e. The normalized spacial score (nSPS) is 26.7. The molecule has 5 rings (SSSR count). The highest BCUT2D eigenvalue weighted by molar-refractivity contribution is 6.00. The van der Waals surface area contributed by atoms with Crippen LogP contribution >= 0.6 is 0 Å². The molecule has 0 aliphatic carbocycles. The first-order valence-corrected chi connectivity index (χ1v) is 10.2. The number of carbonyl (C=O) groups excluding carboxylic acids is 2. The molecule has 1 N–H and O–H groups in total. The lowest BCUT2D eigenvalue weighted by molar-refractivity contribution is -0.120. The number of anilines is 1. The Morgan fingerprint density at radius 1 is 1.31 bits per heavy atom. The van der Waals surface area contributed by atoms with Crippen molar-refractivity contribution in [2.75, 3.05) is 25.2 Å². The summed E-state index contributed by atoms with van der Waals surface area (Å²) in [6, 6.07) is 1.40. The summed E-state index contributed by atoms with van der Waals surface area (Å²) in [5.41, 5.74) is 0. The fourth-order valence-electron chi connectivity index (χ4n) is 4.63. The van der Waals surface area contributed by atoms with Crippen LogP contribution in [0.25, 0.3) is 0 Å². The molecular formula is C19H25N7O3. The largest absolute Gasteiger partial charge is 0.381 e. The van der Waals surface area contributed by atoms with Gasteiger partial charge in [-0.15, -0.1) is 5.10 Å². The number of rotatable bonds is 3. The second-order valence-electron chi connectivity index (χ2n) is 8.00. The molecule has 0 aromatic carbocycles. The van der Waals surface area contributed by atoms with E-state index in [0.717, 1.165) is 50.5 Å². The van der Waals surface area contributed by atoms with Gasteiger partial charge in [0.15, 0.2) is 0 Å². The zero-order valence-corrected chi connectivity index (χ0v) is 16.5. The lowest BCUT2D eigenvalue weighted by Crippen LogP contribution is -2.47. The Morgan fingerprint density at radius 3 is 3.03 bits per heavy atom. The van der Waals surface area contributed by atoms with E-state index in [0.29, 0.717) is 18.9 Å². The van der Waals surface area contributed by atoms with Gasteiger partial charge in [-0.05, 0) is 25.7 Å². The molecule has 29 heavy (non-hydrogen) atoms. The molecule has 0 spiro atoms. The predicted molar refractivity (Wildman–Crippen MR) is 102 cm³/mol. The monoisotopic (exact) mass is 399 g/mol. The molecule has 2 unspecified atom stereocenters. The quantitative estimate of drug-likeness (QED) is 0.808. The first kappa shape index (κ1) is 18.3. The van der Waals surface area contributed by atoms with Crippen LogP contribution in [-0.2, 0) is 22.5 Å². The predicted octanol–water partition coefficient (Wildman–Crippen LogP) is 0.554. The Bertz CT molecular complexity index is 930. The molecule has 1 saturated heterocycles. The molecule has 3 atom stereocenters. The summed E-state index contributed by atoms with van der Waals surface area (Å²) in [6.07, 6.45) is 6.05. The van der Waals surface area contributed by atoms with Gasteiger partial charge in [-0.2, -0.15) is 5.10 Å². The van der Waals surface area contributed by atoms with Crippen molar-refractivity contribution in [2.24, 2.45) is 5.92 Å². The number of ether oxygens (including phenoxy) is 1. The van der Waals surface area contributed by atoms with Crippen molar-refractivity contribution in [3.8, 4) is 0 Å². The topological polar surface area (TPSA) is 107 Å². The molecule has 10 heteroatoms. The molecule has 1 fully saturated rings. The van der Waals surface area contributed by atoms with E-state index in [1.807, 2.05) is 4.68 Å². The highest BCUT2D eigenvalue weighted by Crippen LogP contribution is 2.34. The third-order valence-electron chi connectivity index (χ3n) is 6.23. The van der Waals surface area contributed by atoms with E-state index in [1.54, 1.807) is 24.0 Å². The van der Waals surface area contributed by atoms with Crippen LogP contribution in [0.4, 0.5) is 5.82 Å². The maximum atomic E-state index is 12.9. The molecule has 0 saturated carbocycles. The molecule has 2 amide bonds. The third kappa shape index (κ3) is 3.21. The number of carbonyl (C=O) groups is 2. The summed E-state index contributed by atoms with van der Waals surface area (Å²) in [5.74, 6) is 1.57. The van der Waals surface area contributed by atoms with E-state index in [4.69, 9.17) is 4.74 Å². The first-order valence-electron chi connectivity index (χ1n) is 10.2. The minimum Gasteiger partial charge on any atom is -0.381 e. The number of aromatic nitrogens is 5. The van der Waals surface area contributed by atoms with Crippen molar-refractivity contribution in [3.63, 3.8) is 0 Å². The van der Waals surface area contributed by atoms with Crippen LogP contribution in [0.2, 0.25) is 0 Å². The van der Waals surface area contributed by atoms with Gasteiger partial charge in [0.25, 0.3) is 11.8 Å². The molecule has 5 heterocycles. The van der Waals surface area contributed by atoms with E-state index < -0.39 is 11.9 Å². The van der Waals surface area contributed by atoms with Gasteiger partial charge >= 0.3 is 0 Å². The average molecular weight is 399 g/mol. The maximum absolute atomic E-state index is 12.9. The van der Waals surface area contributed by atoms with Gasteiger partial charge in [0, 0.05) is 38.6 Å². The third-order valence-corrected chi connectivity index (χ3v) is 6.23. The maximum Gasteiger partial charge on any atom is 0.291 e. The SMILES string of the molecule is CN1C(=O)[C@@H](NC(=O)c2nc3n(n2)C(C2CCOC2)CCC3)CCn2nccc21. The highest BCUT2D eigenvalue weighted by atomic mass is 16.5. The standard InChI is InChI=1S/C19H25N7O3/c1-24-16-5-8-20-25(16)9-6-13(19(24)28)21-18(27)17-22-15-4-2-3-14(26(15)23-17)12-7-10-29-11-12/h5,8,12-14H,2-4,6-7,9-11H2,1H3,(H,21,27)/t12?,13-,14?/m0/s1. The number of hydrogen-bond acceptors (Lipinski definition) is 6. The van der Waals surface area contributed by atoms with Crippen molar-refractivity contribution in [3.05, 3.63) is 23.9 Å². The molecule has 3 aliphatic heterocycles. The molecular weight excluding hydrogens is 374 g/mol. The van der Waals surface area contributed by atoms with Gasteiger partial charge in [-0.3, -0.25) is 14.5 Å². The summed E-state index contributed by atoms with van der Waals surface area (Å²) >= 11 is 0. The Balaban J connectivity index is 1.33. The van der Waals surface area contributed by atoms with Crippen molar-refractivity contribution < 1.29 is 14.3 Å². The van der Waals surface area contributed by atoms with Crippen LogP contribution in [0, 0.1) is 5.92 Å². The molecule has 2 aromatic rings. The van der Waals surface area contributed by atoms with Gasteiger partial charge in [0.05, 0.1) is 18.8 Å². The fourth-order valence-corrected chi connectivity index (χ4v) is 4.63. The van der Waals surface area contributed by atoms with E-state index in [2.05, 4.69) is 20.5 Å². The number of fused-ring (bicyclic) bond motifs is 2. The van der Waals surface area contributed by atoms with Crippen LogP contribution in [0.3, 0.4) is 0 Å². The van der Waals surface area contributed by atoms with Gasteiger partial charge in [0.1, 0.15) is 17.7 Å². The molecule has 3 aliphatic rings. The van der Waals surface area contributed by atoms with Crippen molar-refractivity contribution in [1.29, 1.82) is 0 Å². The molecule has 0 radical (unpaired) electrons. The number of aryl methyl sites for hydroxylation is 2. The molecule has 0 bridgehead atoms. The number of nitrogens with one attached hydrogen (secondary N) is 1. The Morgan fingerprint density at radius 2 is 2.21 bits per heavy atom. The average Bonchev–Trinajstić information content (AvgIpc) is 3.48. The summed E-state index contributed by atoms with van der Waals surface area (Å²) in [7, 11) is 1.70. The van der Waals surface area contributed by atoms with Crippen molar-refractivity contribution in [2.45, 2.75) is 50.7 Å². The molecule has 2 aromatic heterocycles. The number of nitrogens with zero attached hydrogens (tertiary/aromatic N) is 6. The minimum absolute atomic E-state index is 0.142. The second-order valence-corrected chi connectivity index (χ2v) is 8.00. The van der Waals surface area contributed by atoms with E-state index in [9.17, 15) is 9.59 Å². The molecule has 10 nitrogen and oxygen atoms in total. The fraction of sp³-hybridized carbons (Fsp3) is 0.632. The van der Waals surface area contributed by atoms with Crippen LogP contribution in [0.5, 0.6) is 0 Å². The van der Waals surface area contributed by atoms with Crippen LogP contribution < -0.4 is 10.2 Å². The van der Waals surface area contributed by atoms with Gasteiger partial charge in [-0.1, -0.05) is 0 Å². The number of likely N-dealkylation sites (N-methyl/N-ethyl adjacent to an activating group) is 1. The van der Waals surface area contributed by atoms with Gasteiger partial charge in [-0.25, -0.2) is 14.3 Å². The Kier molecular flexibility index (Phi) is 4.57. The molecule has 154 valence electrons. The highest BCUT2D eigenvalue weighted by Gasteiger charge is 2.34. The van der Waals surface area contributed by atoms with Crippen molar-refractivity contribution in [1.82, 2.24) is 29.9 Å². The number of amides is 2. The Hall–Kier alpha value is -2.75. The van der Waals surface area contributed by atoms with E-state index >= 15 is 0 Å². The van der Waals surface area contributed by atoms with E-state index in [-0.39, 0.29) is 17.8 Å². The lowest BCUT2D eigenvalue weighted by Gasteiger charge is -2.27. The zero-order valence-electron chi connectivity index (χ0n) is 16.5. The zero-order chi connectivity index (χ0) is 20.0. The van der Waals surface area contributed by atoms with Gasteiger partial charge in [0.2, 0.25) is 5.82 Å². The summed E-state index contributed by atoms with van der Waals surface area (Å²) < 4.78 is 9.24. The van der Waals surface area contributed by atoms with Crippen LogP contribution in [-0.4, -0.2) is 62.7 Å². The minimum atomic E-state index is -0.631. The first-order chi connectivity index (χ1) is 14.1. The van der Waals surface area contributed by atoms with E-state index in [1.165, 1.54) is 4.90 Å². The lowest BCUT2D eigenvalue weighted by atomic mass is 9.92. The summed E-state index contributed by atoms with van der Waals surface area (Å²) in [4.78, 5) is 31.7.